The number of hydrogen-bond donors (Lipinski definition) is 2. The molecule has 0 aromatic carbocycles. The molecule has 2 unspecified atom stereocenters. The van der Waals surface area contributed by atoms with Gasteiger partial charge >= 0.3 is 0 Å². The lowest BCUT2D eigenvalue weighted by Gasteiger charge is -2.17. The lowest BCUT2D eigenvalue weighted by atomic mass is 10.0. The van der Waals surface area contributed by atoms with E-state index in [4.69, 9.17) is 0 Å². The number of H-pyrrole nitrogens is 1. The number of rotatable bonds is 6. The zero-order chi connectivity index (χ0) is 14.9. The maximum atomic E-state index is 12.8. The number of hydrogen-bond acceptors (Lipinski definition) is 4. The summed E-state index contributed by atoms with van der Waals surface area (Å²) in [6.07, 6.45) is 6.23. The van der Waals surface area contributed by atoms with Crippen LogP contribution in [-0.2, 0) is 16.6 Å². The third-order valence-electron chi connectivity index (χ3n) is 4.71. The van der Waals surface area contributed by atoms with Gasteiger partial charge in [0.05, 0.1) is 6.20 Å². The van der Waals surface area contributed by atoms with Crippen LogP contribution >= 0.6 is 0 Å². The second-order valence-electron chi connectivity index (χ2n) is 6.17. The third kappa shape index (κ3) is 2.86. The predicted octanol–water partition coefficient (Wildman–Crippen LogP) is 1.33. The molecule has 2 N–H and O–H groups in total. The van der Waals surface area contributed by atoms with E-state index in [1.54, 1.807) is 10.5 Å². The molecule has 21 heavy (non-hydrogen) atoms. The Morgan fingerprint density at radius 2 is 2.10 bits per heavy atom. The van der Waals surface area contributed by atoms with Crippen molar-refractivity contribution in [3.8, 4) is 0 Å². The highest BCUT2D eigenvalue weighted by Crippen LogP contribution is 2.39. The summed E-state index contributed by atoms with van der Waals surface area (Å²) in [6, 6.07) is 0. The fraction of sp³-hybridized carbons (Fsp3) is 0.786. The summed E-state index contributed by atoms with van der Waals surface area (Å²) in [4.78, 5) is 0. The molecule has 2 heterocycles. The molecule has 6 nitrogen and oxygen atoms in total. The standard InChI is InChI=1S/C14H24N4O2S/c1-2-6-15-7-13-8-16-17-14(13)21(19,20)18-9-11-4-3-5-12(11)10-18/h8,11-12,15H,2-7,9-10H2,1H3,(H,16,17). The Morgan fingerprint density at radius 3 is 2.76 bits per heavy atom. The van der Waals surface area contributed by atoms with Gasteiger partial charge in [0, 0.05) is 25.2 Å². The van der Waals surface area contributed by atoms with Crippen LogP contribution in [0.4, 0.5) is 0 Å². The van der Waals surface area contributed by atoms with Crippen LogP contribution < -0.4 is 5.32 Å². The third-order valence-corrected chi connectivity index (χ3v) is 6.56. The van der Waals surface area contributed by atoms with Crippen LogP contribution in [0, 0.1) is 11.8 Å². The van der Waals surface area contributed by atoms with Crippen LogP contribution in [-0.4, -0.2) is 42.6 Å². The van der Waals surface area contributed by atoms with Crippen molar-refractivity contribution >= 4 is 10.0 Å². The summed E-state index contributed by atoms with van der Waals surface area (Å²) in [5, 5.41) is 10.1. The van der Waals surface area contributed by atoms with E-state index in [0.717, 1.165) is 18.5 Å². The molecule has 118 valence electrons. The van der Waals surface area contributed by atoms with E-state index in [1.165, 1.54) is 19.3 Å². The fourth-order valence-corrected chi connectivity index (χ4v) is 5.22. The van der Waals surface area contributed by atoms with Gasteiger partial charge in [-0.15, -0.1) is 0 Å². The first-order valence-corrected chi connectivity index (χ1v) is 9.30. The molecule has 0 bridgehead atoms. The van der Waals surface area contributed by atoms with Crippen molar-refractivity contribution in [2.75, 3.05) is 19.6 Å². The largest absolute Gasteiger partial charge is 0.313 e. The van der Waals surface area contributed by atoms with E-state index in [1.807, 2.05) is 0 Å². The first-order valence-electron chi connectivity index (χ1n) is 7.86. The lowest BCUT2D eigenvalue weighted by Crippen LogP contribution is -2.31. The zero-order valence-corrected chi connectivity index (χ0v) is 13.3. The summed E-state index contributed by atoms with van der Waals surface area (Å²) >= 11 is 0. The van der Waals surface area contributed by atoms with Crippen LogP contribution in [0.2, 0.25) is 0 Å². The van der Waals surface area contributed by atoms with Crippen LogP contribution in [0.5, 0.6) is 0 Å². The highest BCUT2D eigenvalue weighted by atomic mass is 32.2. The van der Waals surface area contributed by atoms with Crippen molar-refractivity contribution in [3.05, 3.63) is 11.8 Å². The maximum absolute atomic E-state index is 12.8. The molecule has 1 aromatic heterocycles. The Morgan fingerprint density at radius 1 is 1.38 bits per heavy atom. The Balaban J connectivity index is 1.75. The molecule has 0 spiro atoms. The van der Waals surface area contributed by atoms with E-state index in [0.29, 0.717) is 31.5 Å². The molecular weight excluding hydrogens is 288 g/mol. The van der Waals surface area contributed by atoms with Crippen molar-refractivity contribution in [1.82, 2.24) is 19.8 Å². The summed E-state index contributed by atoms with van der Waals surface area (Å²) in [5.74, 6) is 1.12. The minimum atomic E-state index is -3.43. The van der Waals surface area contributed by atoms with E-state index in [2.05, 4.69) is 22.4 Å². The first-order chi connectivity index (χ1) is 10.1. The number of sulfonamides is 1. The highest BCUT2D eigenvalue weighted by molar-refractivity contribution is 7.89. The smallest absolute Gasteiger partial charge is 0.260 e. The average molecular weight is 312 g/mol. The molecule has 1 saturated carbocycles. The SMILES string of the molecule is CCCNCc1cn[nH]c1S(=O)(=O)N1CC2CCCC2C1. The van der Waals surface area contributed by atoms with Crippen molar-refractivity contribution in [3.63, 3.8) is 0 Å². The molecule has 1 aliphatic heterocycles. The zero-order valence-electron chi connectivity index (χ0n) is 12.5. The predicted molar refractivity (Wildman–Crippen MR) is 80.2 cm³/mol. The Hall–Kier alpha value is -0.920. The number of aromatic nitrogens is 2. The van der Waals surface area contributed by atoms with Gasteiger partial charge in [-0.2, -0.15) is 9.40 Å². The number of fused-ring (bicyclic) bond motifs is 1. The topological polar surface area (TPSA) is 78.1 Å². The van der Waals surface area contributed by atoms with Gasteiger partial charge in [0.15, 0.2) is 5.03 Å². The van der Waals surface area contributed by atoms with E-state index >= 15 is 0 Å². The Bertz CT molecular complexity index is 572. The van der Waals surface area contributed by atoms with Crippen molar-refractivity contribution < 1.29 is 8.42 Å². The van der Waals surface area contributed by atoms with Crippen LogP contribution in [0.15, 0.2) is 11.2 Å². The number of aromatic amines is 1. The van der Waals surface area contributed by atoms with E-state index in [9.17, 15) is 8.42 Å². The van der Waals surface area contributed by atoms with Gasteiger partial charge in [-0.05, 0) is 37.6 Å². The molecule has 0 amide bonds. The number of nitrogens with zero attached hydrogens (tertiary/aromatic N) is 2. The normalized spacial score (nSPS) is 26.3. The van der Waals surface area contributed by atoms with Gasteiger partial charge in [0.2, 0.25) is 0 Å². The minimum absolute atomic E-state index is 0.270. The number of nitrogens with one attached hydrogen (secondary N) is 2. The van der Waals surface area contributed by atoms with Gasteiger partial charge in [-0.1, -0.05) is 13.3 Å². The van der Waals surface area contributed by atoms with Crippen LogP contribution in [0.1, 0.15) is 38.2 Å². The van der Waals surface area contributed by atoms with Gasteiger partial charge in [0.25, 0.3) is 10.0 Å². The summed E-state index contributed by atoms with van der Waals surface area (Å²) in [6.45, 7) is 4.85. The van der Waals surface area contributed by atoms with Gasteiger partial charge < -0.3 is 5.32 Å². The second-order valence-corrected chi connectivity index (χ2v) is 8.05. The second kappa shape index (κ2) is 6.06. The monoisotopic (exact) mass is 312 g/mol. The minimum Gasteiger partial charge on any atom is -0.313 e. The van der Waals surface area contributed by atoms with Gasteiger partial charge in [-0.3, -0.25) is 5.10 Å². The Kier molecular flexibility index (Phi) is 4.33. The van der Waals surface area contributed by atoms with Gasteiger partial charge in [0.1, 0.15) is 0 Å². The van der Waals surface area contributed by atoms with E-state index < -0.39 is 10.0 Å². The molecule has 1 aromatic rings. The summed E-state index contributed by atoms with van der Waals surface area (Å²) < 4.78 is 27.3. The highest BCUT2D eigenvalue weighted by Gasteiger charge is 2.42. The molecule has 1 aliphatic carbocycles. The van der Waals surface area contributed by atoms with Crippen molar-refractivity contribution in [2.45, 2.75) is 44.2 Å². The van der Waals surface area contributed by atoms with Gasteiger partial charge in [-0.25, -0.2) is 8.42 Å². The summed E-state index contributed by atoms with van der Waals surface area (Å²) in [7, 11) is -3.43. The molecular formula is C14H24N4O2S. The van der Waals surface area contributed by atoms with Crippen LogP contribution in [0.3, 0.4) is 0 Å². The molecule has 1 saturated heterocycles. The fourth-order valence-electron chi connectivity index (χ4n) is 3.57. The first kappa shape index (κ1) is 15.0. The molecule has 2 atom stereocenters. The molecule has 7 heteroatoms. The molecule has 2 aliphatic rings. The average Bonchev–Trinajstić information content (AvgIpc) is 3.14. The van der Waals surface area contributed by atoms with Crippen LogP contribution in [0.25, 0.3) is 0 Å². The lowest BCUT2D eigenvalue weighted by molar-refractivity contribution is 0.442. The van der Waals surface area contributed by atoms with E-state index in [-0.39, 0.29) is 5.03 Å². The summed E-state index contributed by atoms with van der Waals surface area (Å²) in [5.41, 5.74) is 0.737. The molecule has 0 radical (unpaired) electrons. The quantitative estimate of drug-likeness (QED) is 0.777. The van der Waals surface area contributed by atoms with Crippen molar-refractivity contribution in [2.24, 2.45) is 11.8 Å². The van der Waals surface area contributed by atoms with Crippen molar-refractivity contribution in [1.29, 1.82) is 0 Å². The maximum Gasteiger partial charge on any atom is 0.260 e. The molecule has 2 fully saturated rings. The Labute approximate surface area is 126 Å². The molecule has 3 rings (SSSR count).